The highest BCUT2D eigenvalue weighted by atomic mass is 16.4. The van der Waals surface area contributed by atoms with Gasteiger partial charge in [-0.15, -0.1) is 0 Å². The summed E-state index contributed by atoms with van der Waals surface area (Å²) in [5, 5.41) is 9.13. The summed E-state index contributed by atoms with van der Waals surface area (Å²) in [6.07, 6.45) is 0. The molecule has 0 saturated heterocycles. The van der Waals surface area contributed by atoms with Crippen LogP contribution >= 0.6 is 0 Å². The van der Waals surface area contributed by atoms with Crippen LogP contribution in [0.2, 0.25) is 0 Å². The van der Waals surface area contributed by atoms with Crippen LogP contribution in [0.4, 0.5) is 0 Å². The molecule has 0 saturated carbocycles. The van der Waals surface area contributed by atoms with Gasteiger partial charge in [0.05, 0.1) is 17.5 Å². The molecule has 0 amide bonds. The molecule has 1 aromatic heterocycles. The van der Waals surface area contributed by atoms with E-state index in [0.29, 0.717) is 5.58 Å². The number of oxazole rings is 1. The number of hydrogen-bond acceptors (Lipinski definition) is 3. The maximum atomic E-state index is 11.4. The highest BCUT2D eigenvalue weighted by molar-refractivity contribution is 5.74. The molecule has 0 radical (unpaired) electrons. The molecule has 0 fully saturated rings. The maximum absolute atomic E-state index is 11.4. The molecule has 4 nitrogen and oxygen atoms in total. The van der Waals surface area contributed by atoms with E-state index in [4.69, 9.17) is 9.68 Å². The summed E-state index contributed by atoms with van der Waals surface area (Å²) in [4.78, 5) is 11.4. The van der Waals surface area contributed by atoms with Gasteiger partial charge < -0.3 is 4.42 Å². The minimum atomic E-state index is -0.379. The van der Waals surface area contributed by atoms with Crippen molar-refractivity contribution in [1.29, 1.82) is 5.26 Å². The van der Waals surface area contributed by atoms with Gasteiger partial charge in [-0.25, -0.2) is 4.79 Å². The van der Waals surface area contributed by atoms with Gasteiger partial charge in [0.1, 0.15) is 0 Å². The van der Waals surface area contributed by atoms with Crippen LogP contribution in [0, 0.1) is 17.2 Å². The monoisotopic (exact) mass is 230 g/mol. The van der Waals surface area contributed by atoms with Gasteiger partial charge >= 0.3 is 5.76 Å². The molecule has 1 unspecified atom stereocenters. The zero-order chi connectivity index (χ0) is 12.6. The number of benzene rings is 1. The molecule has 4 heteroatoms. The van der Waals surface area contributed by atoms with Crippen LogP contribution in [0.15, 0.2) is 27.4 Å². The first-order chi connectivity index (χ1) is 8.04. The van der Waals surface area contributed by atoms with E-state index >= 15 is 0 Å². The minimum Gasteiger partial charge on any atom is -0.408 e. The fourth-order valence-electron chi connectivity index (χ4n) is 1.95. The maximum Gasteiger partial charge on any atom is 0.419 e. The van der Waals surface area contributed by atoms with Gasteiger partial charge in [-0.2, -0.15) is 5.26 Å². The Morgan fingerprint density at radius 1 is 1.41 bits per heavy atom. The summed E-state index contributed by atoms with van der Waals surface area (Å²) < 4.78 is 6.57. The van der Waals surface area contributed by atoms with Crippen LogP contribution in [0.5, 0.6) is 0 Å². The highest BCUT2D eigenvalue weighted by Gasteiger charge is 2.16. The molecule has 0 aliphatic rings. The van der Waals surface area contributed by atoms with Crippen molar-refractivity contribution in [2.45, 2.75) is 19.8 Å². The molecule has 2 rings (SSSR count). The summed E-state index contributed by atoms with van der Waals surface area (Å²) in [6, 6.07) is 7.76. The van der Waals surface area contributed by atoms with Gasteiger partial charge in [-0.1, -0.05) is 19.9 Å². The lowest BCUT2D eigenvalue weighted by atomic mass is 9.90. The number of hydrogen-bond donors (Lipinski definition) is 0. The van der Waals surface area contributed by atoms with Crippen molar-refractivity contribution in [3.05, 3.63) is 34.3 Å². The van der Waals surface area contributed by atoms with Crippen molar-refractivity contribution < 1.29 is 4.42 Å². The van der Waals surface area contributed by atoms with Gasteiger partial charge in [0, 0.05) is 7.05 Å². The predicted octanol–water partition coefficient (Wildman–Crippen LogP) is 2.39. The first kappa shape index (κ1) is 11.5. The van der Waals surface area contributed by atoms with Crippen LogP contribution in [0.25, 0.3) is 11.1 Å². The van der Waals surface area contributed by atoms with Crippen molar-refractivity contribution >= 4 is 11.1 Å². The van der Waals surface area contributed by atoms with Crippen molar-refractivity contribution in [3.63, 3.8) is 0 Å². The molecule has 88 valence electrons. The number of aryl methyl sites for hydroxylation is 1. The second-order valence-electron chi connectivity index (χ2n) is 4.50. The average Bonchev–Trinajstić information content (AvgIpc) is 2.55. The number of nitriles is 1. The van der Waals surface area contributed by atoms with Gasteiger partial charge in [-0.3, -0.25) is 4.57 Å². The van der Waals surface area contributed by atoms with E-state index in [2.05, 4.69) is 6.07 Å². The SMILES string of the molecule is CC(C)C(C#N)c1ccc2c(c1)oc(=O)n2C. The smallest absolute Gasteiger partial charge is 0.408 e. The summed E-state index contributed by atoms with van der Waals surface area (Å²) in [6.45, 7) is 4.00. The molecule has 0 aliphatic heterocycles. The summed E-state index contributed by atoms with van der Waals surface area (Å²) in [5.74, 6) is -0.326. The standard InChI is InChI=1S/C13H14N2O2/c1-8(2)10(7-14)9-4-5-11-12(6-9)17-13(16)15(11)3/h4-6,8,10H,1-3H3. The quantitative estimate of drug-likeness (QED) is 0.795. The minimum absolute atomic E-state index is 0.176. The lowest BCUT2D eigenvalue weighted by Crippen LogP contribution is -2.08. The lowest BCUT2D eigenvalue weighted by molar-refractivity contribution is 0.527. The van der Waals surface area contributed by atoms with E-state index in [1.54, 1.807) is 13.1 Å². The Morgan fingerprint density at radius 3 is 2.71 bits per heavy atom. The second-order valence-corrected chi connectivity index (χ2v) is 4.50. The first-order valence-corrected chi connectivity index (χ1v) is 5.53. The predicted molar refractivity (Wildman–Crippen MR) is 64.6 cm³/mol. The number of nitrogens with zero attached hydrogens (tertiary/aromatic N) is 2. The van der Waals surface area contributed by atoms with Crippen molar-refractivity contribution in [2.24, 2.45) is 13.0 Å². The molecule has 0 bridgehead atoms. The lowest BCUT2D eigenvalue weighted by Gasteiger charge is -2.12. The average molecular weight is 230 g/mol. The highest BCUT2D eigenvalue weighted by Crippen LogP contribution is 2.26. The molecule has 1 atom stereocenters. The van der Waals surface area contributed by atoms with Crippen molar-refractivity contribution in [2.75, 3.05) is 0 Å². The molecule has 0 N–H and O–H groups in total. The van der Waals surface area contributed by atoms with E-state index in [1.807, 2.05) is 26.0 Å². The number of rotatable bonds is 2. The van der Waals surface area contributed by atoms with Gasteiger partial charge in [-0.05, 0) is 23.6 Å². The Morgan fingerprint density at radius 2 is 2.12 bits per heavy atom. The Hall–Kier alpha value is -2.02. The van der Waals surface area contributed by atoms with Crippen LogP contribution < -0.4 is 5.76 Å². The Kier molecular flexibility index (Phi) is 2.76. The van der Waals surface area contributed by atoms with Crippen LogP contribution in [0.3, 0.4) is 0 Å². The number of fused-ring (bicyclic) bond motifs is 1. The molecule has 17 heavy (non-hydrogen) atoms. The van der Waals surface area contributed by atoms with Crippen LogP contribution in [-0.4, -0.2) is 4.57 Å². The van der Waals surface area contributed by atoms with Crippen molar-refractivity contribution in [1.82, 2.24) is 4.57 Å². The van der Waals surface area contributed by atoms with Gasteiger partial charge in [0.15, 0.2) is 5.58 Å². The second kappa shape index (κ2) is 4.10. The molecule has 1 aromatic carbocycles. The van der Waals surface area contributed by atoms with E-state index in [1.165, 1.54) is 4.57 Å². The molecule has 1 heterocycles. The molecular weight excluding hydrogens is 216 g/mol. The van der Waals surface area contributed by atoms with Crippen LogP contribution in [-0.2, 0) is 7.05 Å². The topological polar surface area (TPSA) is 58.9 Å². The Balaban J connectivity index is 2.59. The summed E-state index contributed by atoms with van der Waals surface area (Å²) in [7, 11) is 1.66. The van der Waals surface area contributed by atoms with Crippen molar-refractivity contribution in [3.8, 4) is 6.07 Å². The Labute approximate surface area is 99.1 Å². The number of aromatic nitrogens is 1. The molecule has 0 aliphatic carbocycles. The summed E-state index contributed by atoms with van der Waals surface area (Å²) >= 11 is 0. The zero-order valence-corrected chi connectivity index (χ0v) is 10.1. The van der Waals surface area contributed by atoms with Gasteiger partial charge in [0.2, 0.25) is 0 Å². The van der Waals surface area contributed by atoms with E-state index < -0.39 is 0 Å². The summed E-state index contributed by atoms with van der Waals surface area (Å²) in [5.41, 5.74) is 2.18. The zero-order valence-electron chi connectivity index (χ0n) is 10.1. The third kappa shape index (κ3) is 1.84. The largest absolute Gasteiger partial charge is 0.419 e. The molecular formula is C13H14N2O2. The van der Waals surface area contributed by atoms with E-state index in [9.17, 15) is 4.79 Å². The fraction of sp³-hybridized carbons (Fsp3) is 0.385. The Bertz CT molecular complexity index is 643. The first-order valence-electron chi connectivity index (χ1n) is 5.53. The third-order valence-electron chi connectivity index (χ3n) is 2.98. The van der Waals surface area contributed by atoms with Gasteiger partial charge in [0.25, 0.3) is 0 Å². The fourth-order valence-corrected chi connectivity index (χ4v) is 1.95. The van der Waals surface area contributed by atoms with E-state index in [0.717, 1.165) is 11.1 Å². The van der Waals surface area contributed by atoms with Crippen LogP contribution in [0.1, 0.15) is 25.3 Å². The molecule has 0 spiro atoms. The normalized spacial score (nSPS) is 12.9. The van der Waals surface area contributed by atoms with E-state index in [-0.39, 0.29) is 17.6 Å². The third-order valence-corrected chi connectivity index (χ3v) is 2.98. The molecule has 2 aromatic rings.